The number of aromatic nitrogens is 3. The van der Waals surface area contributed by atoms with E-state index in [4.69, 9.17) is 10.3 Å². The molecule has 0 saturated heterocycles. The lowest BCUT2D eigenvalue weighted by molar-refractivity contribution is 0.329. The zero-order valence-electron chi connectivity index (χ0n) is 10.5. The summed E-state index contributed by atoms with van der Waals surface area (Å²) in [5, 5.41) is 3.97. The highest BCUT2D eigenvalue weighted by molar-refractivity contribution is 9.10. The molecule has 19 heavy (non-hydrogen) atoms. The lowest BCUT2D eigenvalue weighted by Gasteiger charge is -2.20. The van der Waals surface area contributed by atoms with Crippen molar-refractivity contribution in [3.05, 3.63) is 28.7 Å². The lowest BCUT2D eigenvalue weighted by Crippen LogP contribution is -2.38. The lowest BCUT2D eigenvalue weighted by atomic mass is 9.95. The first-order valence-corrected chi connectivity index (χ1v) is 7.17. The van der Waals surface area contributed by atoms with Crippen LogP contribution in [0.4, 0.5) is 0 Å². The maximum absolute atomic E-state index is 6.31. The smallest absolute Gasteiger partial charge is 0.228 e. The molecule has 5 nitrogen and oxygen atoms in total. The van der Waals surface area contributed by atoms with E-state index in [1.807, 2.05) is 12.1 Å². The minimum atomic E-state index is -0.170. The maximum Gasteiger partial charge on any atom is 0.228 e. The molecule has 0 radical (unpaired) electrons. The zero-order chi connectivity index (χ0) is 13.3. The largest absolute Gasteiger partial charge is 0.339 e. The fourth-order valence-electron chi connectivity index (χ4n) is 2.50. The third-order valence-electron chi connectivity index (χ3n) is 3.53. The van der Waals surface area contributed by atoms with Crippen molar-refractivity contribution in [1.29, 1.82) is 0 Å². The normalized spacial score (nSPS) is 17.8. The summed E-state index contributed by atoms with van der Waals surface area (Å²) in [5.74, 6) is 1.12. The molecule has 0 spiro atoms. The topological polar surface area (TPSA) is 77.8 Å². The molecule has 0 aromatic carbocycles. The van der Waals surface area contributed by atoms with Crippen LogP contribution in [-0.2, 0) is 6.42 Å². The molecule has 1 fully saturated rings. The standard InChI is InChI=1S/C13H15BrN4O/c14-9-3-4-10(16-8-9)12-17-11(19-18-12)7-13(15)5-1-2-6-13/h3-4,8H,1-2,5-7,15H2. The molecule has 2 aromatic heterocycles. The number of nitrogens with zero attached hydrogens (tertiary/aromatic N) is 3. The molecule has 1 saturated carbocycles. The average Bonchev–Trinajstić information content (AvgIpc) is 3.00. The fourth-order valence-corrected chi connectivity index (χ4v) is 2.73. The van der Waals surface area contributed by atoms with E-state index in [1.165, 1.54) is 12.8 Å². The Labute approximate surface area is 119 Å². The van der Waals surface area contributed by atoms with E-state index >= 15 is 0 Å². The van der Waals surface area contributed by atoms with Gasteiger partial charge in [-0.25, -0.2) is 0 Å². The summed E-state index contributed by atoms with van der Waals surface area (Å²) in [5.41, 5.74) is 6.84. The van der Waals surface area contributed by atoms with E-state index in [2.05, 4.69) is 31.1 Å². The van der Waals surface area contributed by atoms with Gasteiger partial charge in [-0.1, -0.05) is 18.0 Å². The van der Waals surface area contributed by atoms with Crippen LogP contribution in [0.3, 0.4) is 0 Å². The quantitative estimate of drug-likeness (QED) is 0.940. The van der Waals surface area contributed by atoms with Gasteiger partial charge in [0.05, 0.1) is 0 Å². The van der Waals surface area contributed by atoms with Crippen molar-refractivity contribution in [3.63, 3.8) is 0 Å². The van der Waals surface area contributed by atoms with Crippen molar-refractivity contribution in [2.45, 2.75) is 37.6 Å². The van der Waals surface area contributed by atoms with Gasteiger partial charge in [0.2, 0.25) is 11.7 Å². The van der Waals surface area contributed by atoms with Crippen molar-refractivity contribution in [2.24, 2.45) is 5.73 Å². The summed E-state index contributed by atoms with van der Waals surface area (Å²) in [6.07, 6.45) is 6.79. The van der Waals surface area contributed by atoms with Crippen molar-refractivity contribution < 1.29 is 4.52 Å². The Kier molecular flexibility index (Phi) is 3.36. The third-order valence-corrected chi connectivity index (χ3v) is 4.00. The Hall–Kier alpha value is -1.27. The van der Waals surface area contributed by atoms with Gasteiger partial charge in [-0.15, -0.1) is 0 Å². The Morgan fingerprint density at radius 2 is 2.11 bits per heavy atom. The molecule has 2 aromatic rings. The van der Waals surface area contributed by atoms with Crippen LogP contribution in [0.15, 0.2) is 27.3 Å². The molecule has 0 bridgehead atoms. The Morgan fingerprint density at radius 3 is 2.79 bits per heavy atom. The Balaban J connectivity index is 1.77. The highest BCUT2D eigenvalue weighted by Crippen LogP contribution is 2.30. The second-order valence-electron chi connectivity index (χ2n) is 5.12. The Morgan fingerprint density at radius 1 is 1.32 bits per heavy atom. The zero-order valence-corrected chi connectivity index (χ0v) is 12.1. The van der Waals surface area contributed by atoms with E-state index in [0.717, 1.165) is 17.3 Å². The van der Waals surface area contributed by atoms with Crippen molar-refractivity contribution in [3.8, 4) is 11.5 Å². The van der Waals surface area contributed by atoms with Crippen LogP contribution in [0.1, 0.15) is 31.6 Å². The van der Waals surface area contributed by atoms with Gasteiger partial charge in [0.1, 0.15) is 5.69 Å². The molecule has 3 rings (SSSR count). The predicted molar refractivity (Wildman–Crippen MR) is 74.3 cm³/mol. The van der Waals surface area contributed by atoms with Crippen molar-refractivity contribution in [2.75, 3.05) is 0 Å². The van der Waals surface area contributed by atoms with E-state index in [-0.39, 0.29) is 5.54 Å². The summed E-state index contributed by atoms with van der Waals surface area (Å²) >= 11 is 3.35. The maximum atomic E-state index is 6.31. The van der Waals surface area contributed by atoms with Gasteiger partial charge in [0, 0.05) is 22.6 Å². The fraction of sp³-hybridized carbons (Fsp3) is 0.462. The first-order valence-electron chi connectivity index (χ1n) is 6.38. The molecule has 1 aliphatic rings. The number of halogens is 1. The molecule has 1 aliphatic carbocycles. The summed E-state index contributed by atoms with van der Waals surface area (Å²) in [4.78, 5) is 8.63. The number of rotatable bonds is 3. The molecule has 6 heteroatoms. The van der Waals surface area contributed by atoms with Gasteiger partial charge >= 0.3 is 0 Å². The first kappa shape index (κ1) is 12.7. The van der Waals surface area contributed by atoms with Gasteiger partial charge in [-0.3, -0.25) is 4.98 Å². The van der Waals surface area contributed by atoms with Crippen LogP contribution in [-0.4, -0.2) is 20.7 Å². The molecule has 0 unspecified atom stereocenters. The number of pyridine rings is 1. The molecule has 100 valence electrons. The van der Waals surface area contributed by atoms with Gasteiger partial charge in [0.15, 0.2) is 0 Å². The van der Waals surface area contributed by atoms with Crippen LogP contribution in [0, 0.1) is 0 Å². The van der Waals surface area contributed by atoms with Crippen molar-refractivity contribution >= 4 is 15.9 Å². The Bertz CT molecular complexity index is 560. The second kappa shape index (κ2) is 5.02. The van der Waals surface area contributed by atoms with E-state index in [1.54, 1.807) is 6.20 Å². The minimum Gasteiger partial charge on any atom is -0.339 e. The summed E-state index contributed by atoms with van der Waals surface area (Å²) in [6.45, 7) is 0. The molecule has 0 aliphatic heterocycles. The molecule has 2 N–H and O–H groups in total. The van der Waals surface area contributed by atoms with Crippen LogP contribution >= 0.6 is 15.9 Å². The molecule has 0 atom stereocenters. The number of hydrogen-bond donors (Lipinski definition) is 1. The first-order chi connectivity index (χ1) is 9.15. The summed E-state index contributed by atoms with van der Waals surface area (Å²) < 4.78 is 6.21. The monoisotopic (exact) mass is 322 g/mol. The molecule has 0 amide bonds. The van der Waals surface area contributed by atoms with Crippen molar-refractivity contribution in [1.82, 2.24) is 15.1 Å². The second-order valence-corrected chi connectivity index (χ2v) is 6.04. The molecular weight excluding hydrogens is 308 g/mol. The van der Waals surface area contributed by atoms with Gasteiger partial charge in [-0.05, 0) is 40.9 Å². The summed E-state index contributed by atoms with van der Waals surface area (Å²) in [6, 6.07) is 3.76. The predicted octanol–water partition coefficient (Wildman–Crippen LogP) is 2.71. The van der Waals surface area contributed by atoms with Crippen LogP contribution in [0.5, 0.6) is 0 Å². The van der Waals surface area contributed by atoms with Crippen LogP contribution in [0.2, 0.25) is 0 Å². The van der Waals surface area contributed by atoms with Gasteiger partial charge in [-0.2, -0.15) is 4.98 Å². The average molecular weight is 323 g/mol. The highest BCUT2D eigenvalue weighted by Gasteiger charge is 2.31. The number of nitrogens with two attached hydrogens (primary N) is 1. The van der Waals surface area contributed by atoms with Crippen LogP contribution in [0.25, 0.3) is 11.5 Å². The highest BCUT2D eigenvalue weighted by atomic mass is 79.9. The molecular formula is C13H15BrN4O. The van der Waals surface area contributed by atoms with E-state index in [9.17, 15) is 0 Å². The summed E-state index contributed by atoms with van der Waals surface area (Å²) in [7, 11) is 0. The number of hydrogen-bond acceptors (Lipinski definition) is 5. The minimum absolute atomic E-state index is 0.170. The van der Waals surface area contributed by atoms with Gasteiger partial charge in [0.25, 0.3) is 0 Å². The SMILES string of the molecule is NC1(Cc2nc(-c3ccc(Br)cn3)no2)CCCC1. The third kappa shape index (κ3) is 2.84. The van der Waals surface area contributed by atoms with E-state index in [0.29, 0.717) is 23.8 Å². The van der Waals surface area contributed by atoms with Crippen LogP contribution < -0.4 is 5.73 Å². The van der Waals surface area contributed by atoms with E-state index < -0.39 is 0 Å². The van der Waals surface area contributed by atoms with Gasteiger partial charge < -0.3 is 10.3 Å². The molecule has 2 heterocycles.